The van der Waals surface area contributed by atoms with Crippen molar-refractivity contribution in [2.45, 2.75) is 0 Å². The van der Waals surface area contributed by atoms with Crippen molar-refractivity contribution in [3.8, 4) is 0 Å². The summed E-state index contributed by atoms with van der Waals surface area (Å²) in [6.45, 7) is 85.5. The second-order valence-corrected chi connectivity index (χ2v) is 0. The third kappa shape index (κ3) is 1470. The van der Waals surface area contributed by atoms with Crippen LogP contribution in [0.4, 0.5) is 0 Å². The van der Waals surface area contributed by atoms with E-state index in [0.29, 0.717) is 0 Å². The van der Waals surface area contributed by atoms with Crippen LogP contribution >= 0.6 is 0 Å². The van der Waals surface area contributed by atoms with E-state index in [1.807, 2.05) is 0 Å². The van der Waals surface area contributed by atoms with Gasteiger partial charge in [0, 0.05) is 0 Å². The van der Waals surface area contributed by atoms with Gasteiger partial charge in [-0.05, 0) is 0 Å². The zero-order valence-electron chi connectivity index (χ0n) is 20.0. The fraction of sp³-hybridized carbons (Fsp3) is 0. The number of hydrogen-bond donors (Lipinski definition) is 0. The summed E-state index contributed by atoms with van der Waals surface area (Å²) in [6, 6.07) is 0. The van der Waals surface area contributed by atoms with Gasteiger partial charge in [0.2, 0.25) is 0 Å². The first kappa shape index (κ1) is 349. The molecule has 0 aromatic heterocycles. The molecule has 0 atom stereocenters. The van der Waals surface area contributed by atoms with Gasteiger partial charge in [-0.2, -0.15) is 0 Å². The summed E-state index contributed by atoms with van der Waals surface area (Å²) in [5.74, 6) is 0. The van der Waals surface area contributed by atoms with Crippen LogP contribution in [-0.4, -0.2) is 5.48 Å². The molecular formula is C18H2Fe7N18O. The molecule has 0 aliphatic heterocycles. The van der Waals surface area contributed by atoms with Gasteiger partial charge < -0.3 is 218 Å². The fourth-order valence-electron chi connectivity index (χ4n) is 0. The van der Waals surface area contributed by atoms with Crippen molar-refractivity contribution < 1.29 is 125 Å². The summed E-state index contributed by atoms with van der Waals surface area (Å²) in [4.78, 5) is 0. The first-order valence-corrected chi connectivity index (χ1v) is 4.02. The molecule has 0 rings (SSSR count). The van der Waals surface area contributed by atoms with Crippen molar-refractivity contribution >= 4 is 0 Å². The van der Waals surface area contributed by atoms with E-state index in [-0.39, 0.29) is 125 Å². The summed E-state index contributed by atoms with van der Waals surface area (Å²) >= 11 is 0. The van der Waals surface area contributed by atoms with Crippen molar-refractivity contribution in [1.29, 1.82) is 94.7 Å². The minimum absolute atomic E-state index is 0. The molecule has 0 saturated carbocycles. The van der Waals surface area contributed by atoms with E-state index < -0.39 is 0 Å². The predicted octanol–water partition coefficient (Wildman–Crippen LogP) is 0.892. The molecule has 0 fully saturated rings. The van der Waals surface area contributed by atoms with Crippen molar-refractivity contribution in [3.63, 3.8) is 0 Å². The van der Waals surface area contributed by atoms with Crippen molar-refractivity contribution in [1.82, 2.24) is 0 Å². The van der Waals surface area contributed by atoms with Crippen LogP contribution < -0.4 is 0 Å². The van der Waals surface area contributed by atoms with Gasteiger partial charge >= 0.3 is 119 Å². The van der Waals surface area contributed by atoms with Gasteiger partial charge in [0.1, 0.15) is 0 Å². The van der Waals surface area contributed by atoms with E-state index in [1.165, 1.54) is 0 Å². The van der Waals surface area contributed by atoms with Crippen LogP contribution in [-0.2, 0) is 119 Å². The van der Waals surface area contributed by atoms with E-state index in [1.54, 1.807) is 0 Å². The smallest absolute Gasteiger partial charge is 0.512 e. The van der Waals surface area contributed by atoms with Crippen LogP contribution in [0.3, 0.4) is 0 Å². The molecule has 226 valence electrons. The van der Waals surface area contributed by atoms with Crippen LogP contribution in [0.2, 0.25) is 0 Å². The van der Waals surface area contributed by atoms with Crippen LogP contribution in [0.1, 0.15) is 0 Å². The number of nitrogens with zero attached hydrogens (tertiary/aromatic N) is 18. The first-order valence-electron chi connectivity index (χ1n) is 4.02. The van der Waals surface area contributed by atoms with Gasteiger partial charge in [-0.3, -0.25) is 0 Å². The zero-order valence-corrected chi connectivity index (χ0v) is 27.8. The zero-order chi connectivity index (χ0) is 36.0. The SMILES string of the molecule is O.[C-]#N.[C-]#N.[C-]#N.[C-]#N.[C-]#N.[C-]#N.[C-]#N.[C-]#N.[C-]#N.[C-]#N.[C-]#N.[C-]#N.[C-]#N.[C-]#N.[C-]#N.[C-]#N.[C-]#N.[C-]#N.[Fe+2].[Fe+2].[Fe+2].[Fe+3].[Fe+3].[Fe+3].[Fe+3]. The third-order valence-electron chi connectivity index (χ3n) is 0. The fourth-order valence-corrected chi connectivity index (χ4v) is 0. The molecule has 44 heavy (non-hydrogen) atoms. The molecule has 0 aromatic rings. The standard InChI is InChI=1S/18CN.7Fe.H2O/c18*1-2;;;;;;;;/h;;;;;;;;;;;;;;;;;;;;;;;;;1H2/q18*-1;3*+2;4*+3;. The van der Waals surface area contributed by atoms with Gasteiger partial charge in [0.15, 0.2) is 0 Å². The van der Waals surface area contributed by atoms with E-state index in [4.69, 9.17) is 213 Å². The Labute approximate surface area is 335 Å². The molecule has 0 bridgehead atoms. The third-order valence-corrected chi connectivity index (χ3v) is 0. The summed E-state index contributed by atoms with van der Waals surface area (Å²) in [6.07, 6.45) is 0. The maximum absolute atomic E-state index is 6.25. The van der Waals surface area contributed by atoms with Crippen molar-refractivity contribution in [3.05, 3.63) is 118 Å². The average Bonchev–Trinajstić information content (AvgIpc) is 3.13. The Morgan fingerprint density at radius 3 is 0.136 bits per heavy atom. The van der Waals surface area contributed by atoms with Crippen LogP contribution in [0, 0.1) is 213 Å². The minimum atomic E-state index is 0. The molecule has 0 heterocycles. The van der Waals surface area contributed by atoms with Crippen LogP contribution in [0.5, 0.6) is 0 Å². The molecule has 0 saturated heterocycles. The molecule has 0 aliphatic carbocycles. The molecule has 0 unspecified atom stereocenters. The van der Waals surface area contributed by atoms with E-state index in [0.717, 1.165) is 0 Å². The molecule has 19 nitrogen and oxygen atoms in total. The Bertz CT molecular complexity index is 381. The molecule has 2 N–H and O–H groups in total. The molecule has 4 radical (unpaired) electrons. The van der Waals surface area contributed by atoms with E-state index in [9.17, 15) is 0 Å². The predicted molar refractivity (Wildman–Crippen MR) is 93.0 cm³/mol. The van der Waals surface area contributed by atoms with Gasteiger partial charge in [0.05, 0.1) is 0 Å². The monoisotopic (exact) mass is 878 g/mol. The summed E-state index contributed by atoms with van der Waals surface area (Å²) in [7, 11) is 0. The Hall–Kier alpha value is -5.58. The van der Waals surface area contributed by atoms with Crippen LogP contribution in [0.15, 0.2) is 0 Å². The Balaban J connectivity index is -0.00000000321. The topological polar surface area (TPSA) is 460 Å². The Morgan fingerprint density at radius 2 is 0.136 bits per heavy atom. The summed E-state index contributed by atoms with van der Waals surface area (Å²) in [5, 5.41) is 112. The second kappa shape index (κ2) is 1590. The Morgan fingerprint density at radius 1 is 0.136 bits per heavy atom. The van der Waals surface area contributed by atoms with Gasteiger partial charge in [-0.15, -0.1) is 0 Å². The number of rotatable bonds is 0. The summed E-state index contributed by atoms with van der Waals surface area (Å²) in [5.41, 5.74) is 0. The first-order chi connectivity index (χ1) is 18.0. The summed E-state index contributed by atoms with van der Waals surface area (Å²) < 4.78 is 0. The molecule has 0 spiro atoms. The molecule has 0 aromatic carbocycles. The average molecular weight is 877 g/mol. The van der Waals surface area contributed by atoms with Crippen molar-refractivity contribution in [2.75, 3.05) is 0 Å². The van der Waals surface area contributed by atoms with Gasteiger partial charge in [-0.25, -0.2) is 0 Å². The normalized spacial score (nSPS) is 0.818. The Kier molecular flexibility index (Phi) is 12600. The quantitative estimate of drug-likeness (QED) is 0.241. The maximum atomic E-state index is 6.25. The molecule has 26 heteroatoms. The maximum Gasteiger partial charge on any atom is 3.00 e. The van der Waals surface area contributed by atoms with Crippen LogP contribution in [0.25, 0.3) is 0 Å². The largest absolute Gasteiger partial charge is 3.00 e. The van der Waals surface area contributed by atoms with Gasteiger partial charge in [0.25, 0.3) is 0 Å². The second-order valence-electron chi connectivity index (χ2n) is 0. The van der Waals surface area contributed by atoms with Crippen molar-refractivity contribution in [2.24, 2.45) is 0 Å². The number of hydrogen-bond acceptors (Lipinski definition) is 18. The molecular weight excluding hydrogens is 875 g/mol. The molecule has 0 amide bonds. The molecule has 0 aliphatic rings. The van der Waals surface area contributed by atoms with E-state index >= 15 is 0 Å². The van der Waals surface area contributed by atoms with Gasteiger partial charge in [-0.1, -0.05) is 0 Å². The minimum Gasteiger partial charge on any atom is -0.512 e. The van der Waals surface area contributed by atoms with E-state index in [2.05, 4.69) is 0 Å².